The van der Waals surface area contributed by atoms with Crippen molar-refractivity contribution in [3.05, 3.63) is 50.1 Å². The second kappa shape index (κ2) is 4.62. The second-order valence-electron chi connectivity index (χ2n) is 5.47. The molecule has 0 saturated carbocycles. The first-order valence-corrected chi connectivity index (χ1v) is 7.79. The SMILES string of the molecule is CC1(C)COc2ccc(C(O)c3ccc(Br)s3)cc21. The lowest BCUT2D eigenvalue weighted by molar-refractivity contribution is 0.224. The van der Waals surface area contributed by atoms with Crippen LogP contribution in [-0.4, -0.2) is 11.7 Å². The van der Waals surface area contributed by atoms with Gasteiger partial charge in [0.05, 0.1) is 10.4 Å². The highest BCUT2D eigenvalue weighted by Gasteiger charge is 2.32. The van der Waals surface area contributed by atoms with Gasteiger partial charge < -0.3 is 9.84 Å². The summed E-state index contributed by atoms with van der Waals surface area (Å²) < 4.78 is 6.71. The van der Waals surface area contributed by atoms with E-state index >= 15 is 0 Å². The van der Waals surface area contributed by atoms with Gasteiger partial charge in [-0.3, -0.25) is 0 Å². The number of benzene rings is 1. The number of hydrogen-bond donors (Lipinski definition) is 1. The predicted molar refractivity (Wildman–Crippen MR) is 81.0 cm³/mol. The Kier molecular flexibility index (Phi) is 3.20. The molecule has 1 N–H and O–H groups in total. The first-order chi connectivity index (χ1) is 8.97. The van der Waals surface area contributed by atoms with E-state index in [9.17, 15) is 5.11 Å². The number of fused-ring (bicyclic) bond motifs is 1. The molecule has 1 unspecified atom stereocenters. The molecule has 0 amide bonds. The van der Waals surface area contributed by atoms with Gasteiger partial charge in [-0.15, -0.1) is 11.3 Å². The van der Waals surface area contributed by atoms with Gasteiger partial charge in [0.25, 0.3) is 0 Å². The summed E-state index contributed by atoms with van der Waals surface area (Å²) in [5, 5.41) is 10.5. The normalized spacial score (nSPS) is 17.9. The number of thiophene rings is 1. The summed E-state index contributed by atoms with van der Waals surface area (Å²) in [6.07, 6.45) is -0.571. The average Bonchev–Trinajstić information content (AvgIpc) is 2.93. The first-order valence-electron chi connectivity index (χ1n) is 6.18. The van der Waals surface area contributed by atoms with Gasteiger partial charge in [-0.1, -0.05) is 19.9 Å². The van der Waals surface area contributed by atoms with Crippen molar-refractivity contribution in [3.63, 3.8) is 0 Å². The lowest BCUT2D eigenvalue weighted by Crippen LogP contribution is -2.18. The highest BCUT2D eigenvalue weighted by atomic mass is 79.9. The zero-order chi connectivity index (χ0) is 13.6. The van der Waals surface area contributed by atoms with Crippen molar-refractivity contribution < 1.29 is 9.84 Å². The third-order valence-corrected chi connectivity index (χ3v) is 5.18. The molecule has 0 aliphatic carbocycles. The van der Waals surface area contributed by atoms with Crippen LogP contribution in [0.25, 0.3) is 0 Å². The van der Waals surface area contributed by atoms with Gasteiger partial charge in [-0.05, 0) is 45.8 Å². The van der Waals surface area contributed by atoms with Crippen LogP contribution < -0.4 is 4.74 Å². The van der Waals surface area contributed by atoms with Crippen LogP contribution in [0, 0.1) is 0 Å². The van der Waals surface area contributed by atoms with E-state index in [-0.39, 0.29) is 5.41 Å². The number of aliphatic hydroxyl groups is 1. The molecule has 0 spiro atoms. The molecule has 19 heavy (non-hydrogen) atoms. The molecule has 1 aromatic carbocycles. The van der Waals surface area contributed by atoms with Crippen molar-refractivity contribution in [2.24, 2.45) is 0 Å². The number of hydrogen-bond acceptors (Lipinski definition) is 3. The highest BCUT2D eigenvalue weighted by molar-refractivity contribution is 9.11. The van der Waals surface area contributed by atoms with E-state index in [0.29, 0.717) is 6.61 Å². The molecule has 2 nitrogen and oxygen atoms in total. The Hall–Kier alpha value is -0.840. The summed E-state index contributed by atoms with van der Waals surface area (Å²) in [5.74, 6) is 0.938. The van der Waals surface area contributed by atoms with E-state index in [1.807, 2.05) is 24.3 Å². The minimum atomic E-state index is -0.571. The van der Waals surface area contributed by atoms with Gasteiger partial charge in [0, 0.05) is 15.9 Å². The lowest BCUT2D eigenvalue weighted by atomic mass is 9.85. The first kappa shape index (κ1) is 13.2. The van der Waals surface area contributed by atoms with E-state index in [4.69, 9.17) is 4.74 Å². The Morgan fingerprint density at radius 3 is 2.79 bits per heavy atom. The second-order valence-corrected chi connectivity index (χ2v) is 7.97. The fourth-order valence-electron chi connectivity index (χ4n) is 2.35. The maximum Gasteiger partial charge on any atom is 0.123 e. The Labute approximate surface area is 125 Å². The molecular formula is C15H15BrO2S. The summed E-state index contributed by atoms with van der Waals surface area (Å²) in [5.41, 5.74) is 2.12. The largest absolute Gasteiger partial charge is 0.492 e. The van der Waals surface area contributed by atoms with Crippen molar-refractivity contribution in [3.8, 4) is 5.75 Å². The summed E-state index contributed by atoms with van der Waals surface area (Å²) in [7, 11) is 0. The van der Waals surface area contributed by atoms with Crippen molar-refractivity contribution in [2.75, 3.05) is 6.61 Å². The Morgan fingerprint density at radius 1 is 1.32 bits per heavy atom. The van der Waals surface area contributed by atoms with Crippen LogP contribution in [0.5, 0.6) is 5.75 Å². The molecule has 2 aromatic rings. The standard InChI is InChI=1S/C15H15BrO2S/c1-15(2)8-18-11-4-3-9(7-10(11)15)14(17)12-5-6-13(16)19-12/h3-7,14,17H,8H2,1-2H3. The van der Waals surface area contributed by atoms with E-state index in [1.165, 1.54) is 5.56 Å². The minimum Gasteiger partial charge on any atom is -0.492 e. The molecule has 0 radical (unpaired) electrons. The van der Waals surface area contributed by atoms with E-state index in [1.54, 1.807) is 11.3 Å². The Morgan fingerprint density at radius 2 is 2.11 bits per heavy atom. The van der Waals surface area contributed by atoms with Crippen molar-refractivity contribution in [1.82, 2.24) is 0 Å². The molecule has 0 bridgehead atoms. The summed E-state index contributed by atoms with van der Waals surface area (Å²) in [4.78, 5) is 0.948. The zero-order valence-electron chi connectivity index (χ0n) is 10.8. The highest BCUT2D eigenvalue weighted by Crippen LogP contribution is 2.41. The van der Waals surface area contributed by atoms with Crippen LogP contribution in [0.4, 0.5) is 0 Å². The van der Waals surface area contributed by atoms with E-state index in [0.717, 1.165) is 20.0 Å². The molecule has 2 heterocycles. The third kappa shape index (κ3) is 2.33. The topological polar surface area (TPSA) is 29.5 Å². The molecule has 0 fully saturated rings. The van der Waals surface area contributed by atoms with Crippen LogP contribution in [0.1, 0.15) is 36.0 Å². The van der Waals surface area contributed by atoms with Gasteiger partial charge >= 0.3 is 0 Å². The van der Waals surface area contributed by atoms with Crippen LogP contribution in [0.15, 0.2) is 34.1 Å². The summed E-state index contributed by atoms with van der Waals surface area (Å²) >= 11 is 4.99. The number of halogens is 1. The number of rotatable bonds is 2. The maximum atomic E-state index is 10.5. The Balaban J connectivity index is 1.99. The van der Waals surface area contributed by atoms with E-state index < -0.39 is 6.10 Å². The van der Waals surface area contributed by atoms with Crippen LogP contribution in [-0.2, 0) is 5.41 Å². The molecule has 1 aliphatic heterocycles. The molecule has 100 valence electrons. The molecular weight excluding hydrogens is 324 g/mol. The van der Waals surface area contributed by atoms with Crippen LogP contribution in [0.2, 0.25) is 0 Å². The fraction of sp³-hybridized carbons (Fsp3) is 0.333. The number of aliphatic hydroxyl groups excluding tert-OH is 1. The van der Waals surface area contributed by atoms with Gasteiger partial charge in [-0.25, -0.2) is 0 Å². The predicted octanol–water partition coefficient (Wildman–Crippen LogP) is 4.26. The average molecular weight is 339 g/mol. The van der Waals surface area contributed by atoms with Crippen molar-refractivity contribution in [1.29, 1.82) is 0 Å². The summed E-state index contributed by atoms with van der Waals surface area (Å²) in [6, 6.07) is 9.89. The zero-order valence-corrected chi connectivity index (χ0v) is 13.2. The minimum absolute atomic E-state index is 0.0150. The van der Waals surface area contributed by atoms with Crippen LogP contribution >= 0.6 is 27.3 Å². The molecule has 3 rings (SSSR count). The molecule has 0 saturated heterocycles. The van der Waals surface area contributed by atoms with Gasteiger partial charge in [0.1, 0.15) is 11.9 Å². The maximum absolute atomic E-state index is 10.5. The number of ether oxygens (including phenoxy) is 1. The quantitative estimate of drug-likeness (QED) is 0.886. The molecule has 1 aromatic heterocycles. The van der Waals surface area contributed by atoms with Crippen molar-refractivity contribution >= 4 is 27.3 Å². The summed E-state index contributed by atoms with van der Waals surface area (Å²) in [6.45, 7) is 5.03. The van der Waals surface area contributed by atoms with Gasteiger partial charge in [0.15, 0.2) is 0 Å². The third-order valence-electron chi connectivity index (χ3n) is 3.50. The Bertz CT molecular complexity index is 618. The van der Waals surface area contributed by atoms with Gasteiger partial charge in [0.2, 0.25) is 0 Å². The molecule has 1 aliphatic rings. The molecule has 1 atom stereocenters. The fourth-order valence-corrected chi connectivity index (χ4v) is 3.79. The molecule has 4 heteroatoms. The van der Waals surface area contributed by atoms with Crippen LogP contribution in [0.3, 0.4) is 0 Å². The lowest BCUT2D eigenvalue weighted by Gasteiger charge is -2.17. The van der Waals surface area contributed by atoms with Crippen molar-refractivity contribution in [2.45, 2.75) is 25.4 Å². The monoisotopic (exact) mass is 338 g/mol. The van der Waals surface area contributed by atoms with Gasteiger partial charge in [-0.2, -0.15) is 0 Å². The van der Waals surface area contributed by atoms with E-state index in [2.05, 4.69) is 35.8 Å². The smallest absolute Gasteiger partial charge is 0.123 e.